The van der Waals surface area contributed by atoms with Crippen molar-refractivity contribution in [2.24, 2.45) is 0 Å². The van der Waals surface area contributed by atoms with Crippen LogP contribution in [0.15, 0.2) is 34.2 Å². The molecule has 130 valence electrons. The van der Waals surface area contributed by atoms with Crippen LogP contribution in [0.3, 0.4) is 0 Å². The van der Waals surface area contributed by atoms with E-state index in [9.17, 15) is 14.9 Å². The van der Waals surface area contributed by atoms with E-state index >= 15 is 0 Å². The van der Waals surface area contributed by atoms with Gasteiger partial charge in [-0.25, -0.2) is 4.98 Å². The minimum atomic E-state index is -0.481. The third-order valence-corrected chi connectivity index (χ3v) is 3.77. The number of hydrogen-bond acceptors (Lipinski definition) is 7. The summed E-state index contributed by atoms with van der Waals surface area (Å²) in [5, 5.41) is 9.67. The quantitative estimate of drug-likeness (QED) is 0.459. The number of aromatic nitrogens is 2. The molecule has 0 bridgehead atoms. The number of carbonyl (C=O) groups excluding carboxylic acids is 1. The molecule has 0 atom stereocenters. The van der Waals surface area contributed by atoms with Crippen molar-refractivity contribution in [1.82, 2.24) is 9.97 Å². The number of hydrogen-bond donors (Lipinski definition) is 1. The van der Waals surface area contributed by atoms with Gasteiger partial charge in [0.15, 0.2) is 5.16 Å². The molecule has 8 heteroatoms. The van der Waals surface area contributed by atoms with Crippen LogP contribution in [0.5, 0.6) is 5.75 Å². The minimum Gasteiger partial charge on any atom is -0.493 e. The Balaban J connectivity index is 2.24. The van der Waals surface area contributed by atoms with Crippen molar-refractivity contribution in [2.75, 3.05) is 19.5 Å². The Morgan fingerprint density at radius 3 is 2.92 bits per heavy atom. The molecule has 0 aliphatic heterocycles. The maximum Gasteiger partial charge on any atom is 0.309 e. The van der Waals surface area contributed by atoms with Gasteiger partial charge >= 0.3 is 5.97 Å². The van der Waals surface area contributed by atoms with E-state index in [2.05, 4.69) is 9.97 Å². The maximum atomic E-state index is 12.0. The summed E-state index contributed by atoms with van der Waals surface area (Å²) in [6.45, 7) is 2.25. The summed E-state index contributed by atoms with van der Waals surface area (Å²) in [4.78, 5) is 30.2. The van der Waals surface area contributed by atoms with E-state index in [0.29, 0.717) is 28.8 Å². The van der Waals surface area contributed by atoms with Crippen LogP contribution in [0.4, 0.5) is 0 Å². The lowest BCUT2D eigenvalue weighted by molar-refractivity contribution is -0.143. The highest BCUT2D eigenvalue weighted by Crippen LogP contribution is 2.25. The molecule has 0 aliphatic rings. The molecule has 0 aliphatic carbocycles. The van der Waals surface area contributed by atoms with Crippen LogP contribution in [-0.2, 0) is 9.53 Å². The molecule has 7 nitrogen and oxygen atoms in total. The van der Waals surface area contributed by atoms with Crippen molar-refractivity contribution in [2.45, 2.75) is 18.5 Å². The van der Waals surface area contributed by atoms with E-state index in [-0.39, 0.29) is 24.6 Å². The van der Waals surface area contributed by atoms with E-state index < -0.39 is 5.56 Å². The zero-order chi connectivity index (χ0) is 18.2. The van der Waals surface area contributed by atoms with Gasteiger partial charge in [-0.3, -0.25) is 9.59 Å². The summed E-state index contributed by atoms with van der Waals surface area (Å²) in [5.41, 5.74) is 0.352. The second-order valence-corrected chi connectivity index (χ2v) is 5.64. The molecule has 2 rings (SSSR count). The van der Waals surface area contributed by atoms with Gasteiger partial charge in [0.1, 0.15) is 17.4 Å². The van der Waals surface area contributed by atoms with Crippen molar-refractivity contribution in [3.63, 3.8) is 0 Å². The molecular formula is C17H17N3O4S. The number of thioether (sulfide) groups is 1. The first-order chi connectivity index (χ1) is 12.1. The van der Waals surface area contributed by atoms with Gasteiger partial charge in [0.2, 0.25) is 0 Å². The average molecular weight is 359 g/mol. The highest BCUT2D eigenvalue weighted by atomic mass is 32.2. The fraction of sp³-hybridized carbons (Fsp3) is 0.294. The molecule has 0 unspecified atom stereocenters. The molecule has 25 heavy (non-hydrogen) atoms. The van der Waals surface area contributed by atoms with Crippen LogP contribution < -0.4 is 10.3 Å². The molecule has 2 aromatic rings. The lowest BCUT2D eigenvalue weighted by atomic mass is 10.1. The molecular weight excluding hydrogens is 342 g/mol. The van der Waals surface area contributed by atoms with Gasteiger partial charge in [-0.2, -0.15) is 5.26 Å². The highest BCUT2D eigenvalue weighted by Gasteiger charge is 2.14. The molecule has 1 aromatic carbocycles. The number of nitriles is 1. The normalized spacial score (nSPS) is 10.1. The zero-order valence-electron chi connectivity index (χ0n) is 13.9. The van der Waals surface area contributed by atoms with Gasteiger partial charge in [-0.15, -0.1) is 0 Å². The predicted octanol–water partition coefficient (Wildman–Crippen LogP) is 2.36. The lowest BCUT2D eigenvalue weighted by Crippen LogP contribution is -2.14. The third kappa shape index (κ3) is 4.84. The number of H-pyrrole nitrogens is 1. The summed E-state index contributed by atoms with van der Waals surface area (Å²) >= 11 is 1.28. The summed E-state index contributed by atoms with van der Waals surface area (Å²) in [6, 6.07) is 8.77. The molecule has 1 N–H and O–H groups in total. The standard InChI is InChI=1S/C17H17N3O4S/c1-3-23-14(21)7-8-24-12-6-4-5-11(9-12)15-13(10-18)16(22)20-17(19-15)25-2/h4-6,9H,3,7-8H2,1-2H3,(H,19,20,22). The topological polar surface area (TPSA) is 105 Å². The van der Waals surface area contributed by atoms with Crippen molar-refractivity contribution < 1.29 is 14.3 Å². The molecule has 0 saturated heterocycles. The number of ether oxygens (including phenoxy) is 2. The van der Waals surface area contributed by atoms with Gasteiger partial charge in [0.05, 0.1) is 25.3 Å². The Labute approximate surface area is 149 Å². The Morgan fingerprint density at radius 2 is 2.24 bits per heavy atom. The fourth-order valence-electron chi connectivity index (χ4n) is 2.08. The van der Waals surface area contributed by atoms with Crippen LogP contribution in [0.2, 0.25) is 0 Å². The molecule has 1 heterocycles. The van der Waals surface area contributed by atoms with Crippen LogP contribution >= 0.6 is 11.8 Å². The molecule has 0 radical (unpaired) electrons. The summed E-state index contributed by atoms with van der Waals surface area (Å²) in [7, 11) is 0. The van der Waals surface area contributed by atoms with Gasteiger partial charge in [-0.1, -0.05) is 23.9 Å². The summed E-state index contributed by atoms with van der Waals surface area (Å²) < 4.78 is 10.4. The second-order valence-electron chi connectivity index (χ2n) is 4.84. The Morgan fingerprint density at radius 1 is 1.44 bits per heavy atom. The minimum absolute atomic E-state index is 0.0542. The fourth-order valence-corrected chi connectivity index (χ4v) is 2.46. The van der Waals surface area contributed by atoms with Crippen molar-refractivity contribution in [1.29, 1.82) is 5.26 Å². The van der Waals surface area contributed by atoms with Gasteiger partial charge in [0.25, 0.3) is 5.56 Å². The van der Waals surface area contributed by atoms with Crippen LogP contribution in [0.1, 0.15) is 18.9 Å². The van der Waals surface area contributed by atoms with E-state index in [1.807, 2.05) is 6.07 Å². The molecule has 0 saturated carbocycles. The maximum absolute atomic E-state index is 12.0. The van der Waals surface area contributed by atoms with Crippen LogP contribution in [0.25, 0.3) is 11.3 Å². The van der Waals surface area contributed by atoms with Crippen molar-refractivity contribution in [3.8, 4) is 23.1 Å². The monoisotopic (exact) mass is 359 g/mol. The van der Waals surface area contributed by atoms with Crippen molar-refractivity contribution in [3.05, 3.63) is 40.2 Å². The SMILES string of the molecule is CCOC(=O)CCOc1cccc(-c2nc(SC)[nH]c(=O)c2C#N)c1. The van der Waals surface area contributed by atoms with E-state index in [4.69, 9.17) is 9.47 Å². The number of rotatable bonds is 7. The Hall–Kier alpha value is -2.79. The number of nitrogens with zero attached hydrogens (tertiary/aromatic N) is 2. The third-order valence-electron chi connectivity index (χ3n) is 3.19. The molecule has 1 aromatic heterocycles. The number of aromatic amines is 1. The lowest BCUT2D eigenvalue weighted by Gasteiger charge is -2.09. The highest BCUT2D eigenvalue weighted by molar-refractivity contribution is 7.98. The molecule has 0 amide bonds. The molecule has 0 spiro atoms. The van der Waals surface area contributed by atoms with Gasteiger partial charge in [-0.05, 0) is 25.3 Å². The Kier molecular flexibility index (Phi) is 6.60. The first-order valence-electron chi connectivity index (χ1n) is 7.56. The van der Waals surface area contributed by atoms with Gasteiger partial charge in [0, 0.05) is 5.56 Å². The van der Waals surface area contributed by atoms with E-state index in [1.165, 1.54) is 11.8 Å². The number of carbonyl (C=O) groups is 1. The van der Waals surface area contributed by atoms with Crippen LogP contribution in [-0.4, -0.2) is 35.4 Å². The number of benzene rings is 1. The average Bonchev–Trinajstić information content (AvgIpc) is 2.61. The smallest absolute Gasteiger partial charge is 0.309 e. The first-order valence-corrected chi connectivity index (χ1v) is 8.78. The largest absolute Gasteiger partial charge is 0.493 e. The zero-order valence-corrected chi connectivity index (χ0v) is 14.7. The van der Waals surface area contributed by atoms with E-state index in [0.717, 1.165) is 0 Å². The molecule has 0 fully saturated rings. The number of esters is 1. The first kappa shape index (κ1) is 18.5. The summed E-state index contributed by atoms with van der Waals surface area (Å²) in [6.07, 6.45) is 1.92. The van der Waals surface area contributed by atoms with Gasteiger partial charge < -0.3 is 14.5 Å². The van der Waals surface area contributed by atoms with E-state index in [1.54, 1.807) is 37.4 Å². The predicted molar refractivity (Wildman–Crippen MR) is 93.5 cm³/mol. The second kappa shape index (κ2) is 8.89. The van der Waals surface area contributed by atoms with Crippen molar-refractivity contribution >= 4 is 17.7 Å². The number of nitrogens with one attached hydrogen (secondary N) is 1. The summed E-state index contributed by atoms with van der Waals surface area (Å²) in [5.74, 6) is 0.185. The van der Waals surface area contributed by atoms with Crippen LogP contribution in [0, 0.1) is 11.3 Å². The Bertz CT molecular complexity index is 858.